The van der Waals surface area contributed by atoms with Crippen molar-refractivity contribution in [1.82, 2.24) is 5.32 Å². The molecule has 0 spiro atoms. The highest BCUT2D eigenvalue weighted by Gasteiger charge is 1.97. The Hall–Kier alpha value is -0.220. The molecule has 0 fully saturated rings. The number of nitrogens with one attached hydrogen (secondary N) is 1. The van der Waals surface area contributed by atoms with E-state index < -0.39 is 0 Å². The van der Waals surface area contributed by atoms with E-state index >= 15 is 0 Å². The molecule has 0 rings (SSSR count). The van der Waals surface area contributed by atoms with Crippen LogP contribution in [-0.4, -0.2) is 24.7 Å². The van der Waals surface area contributed by atoms with Crippen molar-refractivity contribution in [3.8, 4) is 0 Å². The van der Waals surface area contributed by atoms with Crippen LogP contribution in [0.4, 0.5) is 0 Å². The molecule has 0 radical (unpaired) electrons. The number of rotatable bonds is 6. The molecule has 3 N–H and O–H groups in total. The van der Waals surface area contributed by atoms with E-state index in [4.69, 9.17) is 5.73 Å². The average molecular weight is 176 g/mol. The van der Waals surface area contributed by atoms with Gasteiger partial charge in [-0.05, 0) is 25.1 Å². The fourth-order valence-electron chi connectivity index (χ4n) is 0.658. The van der Waals surface area contributed by atoms with E-state index in [-0.39, 0.29) is 5.91 Å². The largest absolute Gasteiger partial charge is 0.356 e. The van der Waals surface area contributed by atoms with Crippen LogP contribution in [0.15, 0.2) is 0 Å². The number of hydrogen-bond acceptors (Lipinski definition) is 3. The Morgan fingerprint density at radius 2 is 2.18 bits per heavy atom. The summed E-state index contributed by atoms with van der Waals surface area (Å²) in [5.41, 5.74) is 5.24. The lowest BCUT2D eigenvalue weighted by Gasteiger charge is -2.01. The summed E-state index contributed by atoms with van der Waals surface area (Å²) >= 11 is 4.02. The smallest absolute Gasteiger partial charge is 0.220 e. The van der Waals surface area contributed by atoms with Crippen LogP contribution in [0.3, 0.4) is 0 Å². The molecule has 11 heavy (non-hydrogen) atoms. The van der Waals surface area contributed by atoms with Gasteiger partial charge in [0.2, 0.25) is 5.91 Å². The highest BCUT2D eigenvalue weighted by atomic mass is 32.1. The zero-order valence-electron chi connectivity index (χ0n) is 6.68. The third kappa shape index (κ3) is 7.68. The van der Waals surface area contributed by atoms with Crippen molar-refractivity contribution < 1.29 is 4.79 Å². The predicted molar refractivity (Wildman–Crippen MR) is 49.8 cm³/mol. The minimum absolute atomic E-state index is 0.0947. The lowest BCUT2D eigenvalue weighted by molar-refractivity contribution is -0.121. The van der Waals surface area contributed by atoms with Gasteiger partial charge in [0.05, 0.1) is 0 Å². The van der Waals surface area contributed by atoms with E-state index in [1.54, 1.807) is 0 Å². The molecule has 0 saturated heterocycles. The summed E-state index contributed by atoms with van der Waals surface area (Å²) in [6.07, 6.45) is 2.24. The number of carbonyl (C=O) groups excluding carboxylic acids is 1. The van der Waals surface area contributed by atoms with Crippen LogP contribution in [0, 0.1) is 0 Å². The van der Waals surface area contributed by atoms with E-state index in [2.05, 4.69) is 17.9 Å². The third-order valence-corrected chi connectivity index (χ3v) is 1.58. The fourth-order valence-corrected chi connectivity index (χ4v) is 0.816. The molecule has 3 nitrogen and oxygen atoms in total. The van der Waals surface area contributed by atoms with E-state index in [0.717, 1.165) is 25.1 Å². The molecule has 1 amide bonds. The first-order chi connectivity index (χ1) is 5.31. The fraction of sp³-hybridized carbons (Fsp3) is 0.857. The predicted octanol–water partition coefficient (Wildman–Crippen LogP) is 0.161. The van der Waals surface area contributed by atoms with Crippen molar-refractivity contribution in [2.45, 2.75) is 19.3 Å². The Labute approximate surface area is 73.1 Å². The molecule has 0 aromatic heterocycles. The van der Waals surface area contributed by atoms with Gasteiger partial charge in [-0.15, -0.1) is 0 Å². The Bertz CT molecular complexity index is 109. The zero-order chi connectivity index (χ0) is 8.53. The molecule has 0 aliphatic rings. The molecule has 0 saturated carbocycles. The van der Waals surface area contributed by atoms with Gasteiger partial charge in [-0.3, -0.25) is 4.79 Å². The SMILES string of the molecule is NCCCC(=O)NCCCS. The minimum atomic E-state index is 0.0947. The highest BCUT2D eigenvalue weighted by molar-refractivity contribution is 7.80. The molecule has 4 heteroatoms. The van der Waals surface area contributed by atoms with Crippen LogP contribution >= 0.6 is 12.6 Å². The summed E-state index contributed by atoms with van der Waals surface area (Å²) in [5, 5.41) is 2.78. The number of nitrogens with two attached hydrogens (primary N) is 1. The van der Waals surface area contributed by atoms with Crippen molar-refractivity contribution in [2.75, 3.05) is 18.8 Å². The summed E-state index contributed by atoms with van der Waals surface area (Å²) in [5.74, 6) is 0.911. The van der Waals surface area contributed by atoms with E-state index in [0.29, 0.717) is 13.0 Å². The molecule has 0 aromatic carbocycles. The first kappa shape index (κ1) is 10.8. The first-order valence-electron chi connectivity index (χ1n) is 3.89. The molecule has 0 aromatic rings. The maximum Gasteiger partial charge on any atom is 0.220 e. The summed E-state index contributed by atoms with van der Waals surface area (Å²) < 4.78 is 0. The van der Waals surface area contributed by atoms with Gasteiger partial charge in [-0.1, -0.05) is 0 Å². The minimum Gasteiger partial charge on any atom is -0.356 e. The van der Waals surface area contributed by atoms with Gasteiger partial charge in [-0.25, -0.2) is 0 Å². The summed E-state index contributed by atoms with van der Waals surface area (Å²) in [6.45, 7) is 1.31. The van der Waals surface area contributed by atoms with E-state index in [1.807, 2.05) is 0 Å². The lowest BCUT2D eigenvalue weighted by atomic mass is 10.3. The van der Waals surface area contributed by atoms with E-state index in [9.17, 15) is 4.79 Å². The molecule has 0 aliphatic carbocycles. The Balaban J connectivity index is 3.09. The van der Waals surface area contributed by atoms with Crippen LogP contribution in [0.5, 0.6) is 0 Å². The van der Waals surface area contributed by atoms with Crippen LogP contribution in [0.1, 0.15) is 19.3 Å². The number of amides is 1. The molecule has 0 aliphatic heterocycles. The summed E-state index contributed by atoms with van der Waals surface area (Å²) in [7, 11) is 0. The molecular formula is C7H16N2OS. The highest BCUT2D eigenvalue weighted by Crippen LogP contribution is 1.86. The topological polar surface area (TPSA) is 55.1 Å². The second kappa shape index (κ2) is 7.88. The molecule has 0 unspecified atom stereocenters. The van der Waals surface area contributed by atoms with Crippen LogP contribution in [0.25, 0.3) is 0 Å². The van der Waals surface area contributed by atoms with Crippen molar-refractivity contribution in [3.05, 3.63) is 0 Å². The van der Waals surface area contributed by atoms with Crippen molar-refractivity contribution in [2.24, 2.45) is 5.73 Å². The Morgan fingerprint density at radius 3 is 2.73 bits per heavy atom. The third-order valence-electron chi connectivity index (χ3n) is 1.27. The van der Waals surface area contributed by atoms with Crippen LogP contribution < -0.4 is 11.1 Å². The van der Waals surface area contributed by atoms with Gasteiger partial charge >= 0.3 is 0 Å². The van der Waals surface area contributed by atoms with Gasteiger partial charge in [-0.2, -0.15) is 12.6 Å². The zero-order valence-corrected chi connectivity index (χ0v) is 7.57. The van der Waals surface area contributed by atoms with Crippen LogP contribution in [-0.2, 0) is 4.79 Å². The lowest BCUT2D eigenvalue weighted by Crippen LogP contribution is -2.24. The number of hydrogen-bond donors (Lipinski definition) is 3. The van der Waals surface area contributed by atoms with Crippen molar-refractivity contribution in [3.63, 3.8) is 0 Å². The number of carbonyl (C=O) groups is 1. The summed E-state index contributed by atoms with van der Waals surface area (Å²) in [4.78, 5) is 10.9. The van der Waals surface area contributed by atoms with Gasteiger partial charge in [0.15, 0.2) is 0 Å². The molecule has 0 bridgehead atoms. The van der Waals surface area contributed by atoms with Gasteiger partial charge in [0.1, 0.15) is 0 Å². The quantitative estimate of drug-likeness (QED) is 0.399. The first-order valence-corrected chi connectivity index (χ1v) is 4.52. The molecule has 66 valence electrons. The summed E-state index contributed by atoms with van der Waals surface area (Å²) in [6, 6.07) is 0. The second-order valence-electron chi connectivity index (χ2n) is 2.32. The van der Waals surface area contributed by atoms with Crippen molar-refractivity contribution >= 4 is 18.5 Å². The Morgan fingerprint density at radius 1 is 1.45 bits per heavy atom. The maximum atomic E-state index is 10.9. The van der Waals surface area contributed by atoms with E-state index in [1.165, 1.54) is 0 Å². The average Bonchev–Trinajstić information content (AvgIpc) is 2.01. The standard InChI is InChI=1S/C7H16N2OS/c8-4-1-3-7(10)9-5-2-6-11/h11H,1-6,8H2,(H,9,10). The molecule has 0 heterocycles. The molecular weight excluding hydrogens is 160 g/mol. The molecule has 0 atom stereocenters. The second-order valence-corrected chi connectivity index (χ2v) is 2.77. The normalized spacial score (nSPS) is 9.64. The van der Waals surface area contributed by atoms with Gasteiger partial charge < -0.3 is 11.1 Å². The maximum absolute atomic E-state index is 10.9. The monoisotopic (exact) mass is 176 g/mol. The number of thiol groups is 1. The van der Waals surface area contributed by atoms with Crippen molar-refractivity contribution in [1.29, 1.82) is 0 Å². The van der Waals surface area contributed by atoms with Crippen LogP contribution in [0.2, 0.25) is 0 Å². The van der Waals surface area contributed by atoms with Gasteiger partial charge in [0, 0.05) is 13.0 Å². The Kier molecular flexibility index (Phi) is 7.72. The van der Waals surface area contributed by atoms with Gasteiger partial charge in [0.25, 0.3) is 0 Å².